The van der Waals surface area contributed by atoms with Crippen molar-refractivity contribution >= 4 is 45.5 Å². The van der Waals surface area contributed by atoms with Crippen molar-refractivity contribution in [2.45, 2.75) is 18.1 Å². The Hall–Kier alpha value is -2.61. The number of carbonyl (C=O) groups excluding carboxylic acids is 1. The molecule has 0 fully saturated rings. The van der Waals surface area contributed by atoms with Crippen LogP contribution < -0.4 is 14.8 Å². The normalized spacial score (nSPS) is 10.4. The third kappa shape index (κ3) is 4.70. The summed E-state index contributed by atoms with van der Waals surface area (Å²) in [5, 5.41) is 12.8. The van der Waals surface area contributed by atoms with Crippen LogP contribution in [0.5, 0.6) is 11.5 Å². The molecule has 0 aliphatic carbocycles. The molecular formula is C19H18N4O3S3. The number of hydrogen-bond acceptors (Lipinski definition) is 9. The highest BCUT2D eigenvalue weighted by molar-refractivity contribution is 8.01. The monoisotopic (exact) mass is 446 g/mol. The van der Waals surface area contributed by atoms with Gasteiger partial charge >= 0.3 is 0 Å². The third-order valence-electron chi connectivity index (χ3n) is 3.88. The van der Waals surface area contributed by atoms with Crippen LogP contribution in [0.4, 0.5) is 5.13 Å². The number of nitrogens with zero attached hydrogens (tertiary/aromatic N) is 3. The maximum absolute atomic E-state index is 12.8. The summed E-state index contributed by atoms with van der Waals surface area (Å²) in [5.74, 6) is 1.33. The van der Waals surface area contributed by atoms with Gasteiger partial charge in [-0.2, -0.15) is 5.26 Å². The molecule has 150 valence electrons. The van der Waals surface area contributed by atoms with E-state index in [0.29, 0.717) is 38.0 Å². The quantitative estimate of drug-likeness (QED) is 0.522. The van der Waals surface area contributed by atoms with E-state index in [9.17, 15) is 4.79 Å². The first kappa shape index (κ1) is 21.1. The van der Waals surface area contributed by atoms with Gasteiger partial charge in [0.2, 0.25) is 0 Å². The number of anilines is 1. The fraction of sp³-hybridized carbons (Fsp3) is 0.263. The first-order valence-corrected chi connectivity index (χ1v) is 11.1. The highest BCUT2D eigenvalue weighted by atomic mass is 32.2. The van der Waals surface area contributed by atoms with Gasteiger partial charge in [-0.15, -0.1) is 11.3 Å². The van der Waals surface area contributed by atoms with Crippen molar-refractivity contribution in [2.24, 2.45) is 0 Å². The van der Waals surface area contributed by atoms with Crippen molar-refractivity contribution in [1.29, 1.82) is 5.26 Å². The van der Waals surface area contributed by atoms with Crippen molar-refractivity contribution in [3.05, 3.63) is 34.5 Å². The van der Waals surface area contributed by atoms with Gasteiger partial charge in [-0.25, -0.2) is 9.97 Å². The minimum Gasteiger partial charge on any atom is -0.493 e. The van der Waals surface area contributed by atoms with Gasteiger partial charge in [0, 0.05) is 5.56 Å². The molecule has 0 aliphatic heterocycles. The Bertz CT molecular complexity index is 1090. The zero-order valence-electron chi connectivity index (χ0n) is 16.2. The predicted molar refractivity (Wildman–Crippen MR) is 117 cm³/mol. The number of thioether (sulfide) groups is 1. The van der Waals surface area contributed by atoms with E-state index < -0.39 is 0 Å². The van der Waals surface area contributed by atoms with Crippen LogP contribution >= 0.6 is 34.4 Å². The summed E-state index contributed by atoms with van der Waals surface area (Å²) in [6, 6.07) is 7.61. The van der Waals surface area contributed by atoms with Crippen molar-refractivity contribution < 1.29 is 14.3 Å². The Labute approximate surface area is 180 Å². The predicted octanol–water partition coefficient (Wildman–Crippen LogP) is 4.77. The third-order valence-corrected chi connectivity index (χ3v) is 7.38. The number of amides is 1. The van der Waals surface area contributed by atoms with Gasteiger partial charge in [-0.1, -0.05) is 23.1 Å². The molecule has 0 aliphatic rings. The van der Waals surface area contributed by atoms with Crippen LogP contribution in [-0.2, 0) is 0 Å². The number of nitriles is 1. The highest BCUT2D eigenvalue weighted by Gasteiger charge is 2.19. The molecule has 10 heteroatoms. The number of benzene rings is 1. The van der Waals surface area contributed by atoms with E-state index in [1.165, 1.54) is 34.4 Å². The molecule has 0 spiro atoms. The maximum atomic E-state index is 12.8. The maximum Gasteiger partial charge on any atom is 0.269 e. The number of methoxy groups -OCH3 is 2. The number of rotatable bonds is 7. The lowest BCUT2D eigenvalue weighted by Crippen LogP contribution is -2.11. The lowest BCUT2D eigenvalue weighted by atomic mass is 10.2. The molecule has 0 bridgehead atoms. The van der Waals surface area contributed by atoms with Gasteiger partial charge in [0.1, 0.15) is 9.88 Å². The Morgan fingerprint density at radius 2 is 1.93 bits per heavy atom. The Morgan fingerprint density at radius 1 is 1.17 bits per heavy atom. The first-order chi connectivity index (χ1) is 14.0. The van der Waals surface area contributed by atoms with Gasteiger partial charge in [0.25, 0.3) is 5.91 Å². The second-order valence-electron chi connectivity index (χ2n) is 5.80. The number of thiazole rings is 2. The molecule has 0 atom stereocenters. The van der Waals surface area contributed by atoms with Crippen molar-refractivity contribution in [3.8, 4) is 28.1 Å². The molecule has 3 aromatic rings. The minimum absolute atomic E-state index is 0.252. The number of nitrogens with one attached hydrogen (secondary N) is 1. The van der Waals surface area contributed by atoms with Gasteiger partial charge in [-0.3, -0.25) is 10.1 Å². The highest BCUT2D eigenvalue weighted by Crippen LogP contribution is 2.36. The number of carbonyl (C=O) groups is 1. The molecule has 0 radical (unpaired) electrons. The van der Waals surface area contributed by atoms with E-state index in [1.54, 1.807) is 21.1 Å². The van der Waals surface area contributed by atoms with Crippen LogP contribution in [-0.4, -0.2) is 35.8 Å². The van der Waals surface area contributed by atoms with E-state index in [1.807, 2.05) is 25.1 Å². The molecule has 1 amide bonds. The smallest absolute Gasteiger partial charge is 0.269 e. The van der Waals surface area contributed by atoms with Crippen LogP contribution in [0.3, 0.4) is 0 Å². The standard InChI is InChI=1S/C19H18N4O3S3/c1-10-15(16(24)23-19-22-11(2)18(29-19)27-8-7-20)28-17(21-10)12-5-6-13(25-3)14(9-12)26-4/h5-6,9H,8H2,1-4H3,(H,22,23,24). The molecule has 0 saturated heterocycles. The van der Waals surface area contributed by atoms with Gasteiger partial charge in [-0.05, 0) is 32.0 Å². The Morgan fingerprint density at radius 3 is 2.62 bits per heavy atom. The minimum atomic E-state index is -0.252. The van der Waals surface area contributed by atoms with E-state index in [-0.39, 0.29) is 5.91 Å². The summed E-state index contributed by atoms with van der Waals surface area (Å²) in [5.41, 5.74) is 2.29. The number of ether oxygens (including phenoxy) is 2. The van der Waals surface area contributed by atoms with Crippen LogP contribution in [0.25, 0.3) is 10.6 Å². The average Bonchev–Trinajstić information content (AvgIpc) is 3.27. The molecule has 0 saturated carbocycles. The summed E-state index contributed by atoms with van der Waals surface area (Å²) in [7, 11) is 3.16. The van der Waals surface area contributed by atoms with E-state index in [0.717, 1.165) is 15.5 Å². The first-order valence-electron chi connectivity index (χ1n) is 8.45. The molecule has 29 heavy (non-hydrogen) atoms. The summed E-state index contributed by atoms with van der Waals surface area (Å²) in [6.07, 6.45) is 0. The van der Waals surface area contributed by atoms with E-state index in [4.69, 9.17) is 14.7 Å². The summed E-state index contributed by atoms with van der Waals surface area (Å²) >= 11 is 4.08. The number of hydrogen-bond donors (Lipinski definition) is 1. The molecule has 3 rings (SSSR count). The topological polar surface area (TPSA) is 97.1 Å². The number of aryl methyl sites for hydroxylation is 2. The fourth-order valence-corrected chi connectivity index (χ4v) is 5.27. The SMILES string of the molecule is COc1ccc(-c2nc(C)c(C(=O)Nc3nc(C)c(SCC#N)s3)s2)cc1OC. The molecule has 0 unspecified atom stereocenters. The fourth-order valence-electron chi connectivity index (χ4n) is 2.52. The zero-order chi connectivity index (χ0) is 21.0. The number of aromatic nitrogens is 2. The van der Waals surface area contributed by atoms with Crippen LogP contribution in [0.1, 0.15) is 21.1 Å². The molecule has 2 aromatic heterocycles. The van der Waals surface area contributed by atoms with Crippen molar-refractivity contribution in [2.75, 3.05) is 25.3 Å². The second-order valence-corrected chi connectivity index (χ2v) is 9.04. The van der Waals surface area contributed by atoms with Crippen molar-refractivity contribution in [1.82, 2.24) is 9.97 Å². The molecule has 1 N–H and O–H groups in total. The second kappa shape index (κ2) is 9.26. The van der Waals surface area contributed by atoms with E-state index in [2.05, 4.69) is 21.4 Å². The largest absolute Gasteiger partial charge is 0.493 e. The molecule has 2 heterocycles. The van der Waals surface area contributed by atoms with Gasteiger partial charge in [0.05, 0.1) is 41.6 Å². The van der Waals surface area contributed by atoms with Crippen molar-refractivity contribution in [3.63, 3.8) is 0 Å². The summed E-state index contributed by atoms with van der Waals surface area (Å²) in [6.45, 7) is 3.66. The molecular weight excluding hydrogens is 428 g/mol. The Kier molecular flexibility index (Phi) is 6.74. The van der Waals surface area contributed by atoms with Gasteiger partial charge in [0.15, 0.2) is 16.6 Å². The summed E-state index contributed by atoms with van der Waals surface area (Å²) in [4.78, 5) is 22.2. The average molecular weight is 447 g/mol. The summed E-state index contributed by atoms with van der Waals surface area (Å²) < 4.78 is 11.5. The lowest BCUT2D eigenvalue weighted by Gasteiger charge is -2.08. The lowest BCUT2D eigenvalue weighted by molar-refractivity contribution is 0.103. The van der Waals surface area contributed by atoms with Crippen LogP contribution in [0.2, 0.25) is 0 Å². The van der Waals surface area contributed by atoms with Gasteiger partial charge < -0.3 is 9.47 Å². The zero-order valence-corrected chi connectivity index (χ0v) is 18.7. The molecule has 7 nitrogen and oxygen atoms in total. The van der Waals surface area contributed by atoms with Crippen LogP contribution in [0.15, 0.2) is 22.4 Å². The van der Waals surface area contributed by atoms with Crippen LogP contribution in [0, 0.1) is 25.2 Å². The Balaban J connectivity index is 1.81. The molecule has 1 aromatic carbocycles. The van der Waals surface area contributed by atoms with E-state index >= 15 is 0 Å².